The number of thioether (sulfide) groups is 1. The second-order valence-corrected chi connectivity index (χ2v) is 5.27. The summed E-state index contributed by atoms with van der Waals surface area (Å²) in [6.45, 7) is 4.11. The summed E-state index contributed by atoms with van der Waals surface area (Å²) in [7, 11) is 0. The van der Waals surface area contributed by atoms with Crippen LogP contribution in [0.2, 0.25) is 0 Å². The SMILES string of the molecule is CSc1ccc(OC(C)C)c(-c2ccccc2)c1. The van der Waals surface area contributed by atoms with E-state index in [1.54, 1.807) is 11.8 Å². The molecule has 2 rings (SSSR count). The molecule has 0 aliphatic rings. The molecule has 2 heteroatoms. The molecule has 0 aliphatic heterocycles. The molecule has 0 spiro atoms. The average molecular weight is 258 g/mol. The number of rotatable bonds is 4. The number of ether oxygens (including phenoxy) is 1. The van der Waals surface area contributed by atoms with Gasteiger partial charge in [0.25, 0.3) is 0 Å². The van der Waals surface area contributed by atoms with Gasteiger partial charge in [-0.15, -0.1) is 11.8 Å². The van der Waals surface area contributed by atoms with Crippen LogP contribution in [0.25, 0.3) is 11.1 Å². The van der Waals surface area contributed by atoms with Crippen molar-refractivity contribution in [2.24, 2.45) is 0 Å². The van der Waals surface area contributed by atoms with Gasteiger partial charge in [-0.25, -0.2) is 0 Å². The van der Waals surface area contributed by atoms with E-state index >= 15 is 0 Å². The second kappa shape index (κ2) is 5.96. The van der Waals surface area contributed by atoms with Gasteiger partial charge in [0, 0.05) is 10.5 Å². The summed E-state index contributed by atoms with van der Waals surface area (Å²) in [6.07, 6.45) is 2.28. The summed E-state index contributed by atoms with van der Waals surface area (Å²) in [4.78, 5) is 1.25. The van der Waals surface area contributed by atoms with Gasteiger partial charge >= 0.3 is 0 Å². The Kier molecular flexibility index (Phi) is 4.32. The Bertz CT molecular complexity index is 506. The van der Waals surface area contributed by atoms with Crippen LogP contribution < -0.4 is 4.74 Å². The van der Waals surface area contributed by atoms with E-state index in [9.17, 15) is 0 Å². The van der Waals surface area contributed by atoms with Crippen LogP contribution in [0.3, 0.4) is 0 Å². The van der Waals surface area contributed by atoms with E-state index in [0.29, 0.717) is 0 Å². The highest BCUT2D eigenvalue weighted by Gasteiger charge is 2.08. The van der Waals surface area contributed by atoms with Gasteiger partial charge in [0.2, 0.25) is 0 Å². The van der Waals surface area contributed by atoms with E-state index in [4.69, 9.17) is 4.74 Å². The molecule has 0 bridgehead atoms. The summed E-state index contributed by atoms with van der Waals surface area (Å²) in [5.41, 5.74) is 2.36. The Morgan fingerprint density at radius 2 is 1.72 bits per heavy atom. The Balaban J connectivity index is 2.47. The van der Waals surface area contributed by atoms with Crippen LogP contribution in [0.15, 0.2) is 53.4 Å². The van der Waals surface area contributed by atoms with Crippen LogP contribution in [0, 0.1) is 0 Å². The van der Waals surface area contributed by atoms with Gasteiger partial charge in [-0.2, -0.15) is 0 Å². The minimum atomic E-state index is 0.188. The van der Waals surface area contributed by atoms with Crippen molar-refractivity contribution in [2.45, 2.75) is 24.8 Å². The number of benzene rings is 2. The second-order valence-electron chi connectivity index (χ2n) is 4.39. The molecule has 0 amide bonds. The molecule has 0 saturated heterocycles. The van der Waals surface area contributed by atoms with Crippen molar-refractivity contribution in [3.8, 4) is 16.9 Å². The quantitative estimate of drug-likeness (QED) is 0.724. The van der Waals surface area contributed by atoms with Crippen molar-refractivity contribution in [2.75, 3.05) is 6.26 Å². The molecule has 1 nitrogen and oxygen atoms in total. The van der Waals surface area contributed by atoms with Crippen LogP contribution in [-0.2, 0) is 0 Å². The van der Waals surface area contributed by atoms with Crippen molar-refractivity contribution < 1.29 is 4.74 Å². The monoisotopic (exact) mass is 258 g/mol. The molecule has 0 fully saturated rings. The fraction of sp³-hybridized carbons (Fsp3) is 0.250. The Morgan fingerprint density at radius 3 is 2.33 bits per heavy atom. The summed E-state index contributed by atoms with van der Waals surface area (Å²) in [5.74, 6) is 0.953. The third kappa shape index (κ3) is 3.08. The first kappa shape index (κ1) is 13.0. The van der Waals surface area contributed by atoms with Gasteiger partial charge in [0.15, 0.2) is 0 Å². The zero-order valence-corrected chi connectivity index (χ0v) is 11.8. The van der Waals surface area contributed by atoms with E-state index in [1.165, 1.54) is 10.5 Å². The van der Waals surface area contributed by atoms with E-state index in [0.717, 1.165) is 11.3 Å². The van der Waals surface area contributed by atoms with E-state index in [-0.39, 0.29) is 6.10 Å². The molecule has 0 aromatic heterocycles. The number of hydrogen-bond acceptors (Lipinski definition) is 2. The maximum Gasteiger partial charge on any atom is 0.127 e. The maximum absolute atomic E-state index is 5.89. The molecule has 0 saturated carbocycles. The Labute approximate surface area is 113 Å². The third-order valence-electron chi connectivity index (χ3n) is 2.63. The standard InChI is InChI=1S/C16H18OS/c1-12(2)17-16-10-9-14(18-3)11-15(16)13-7-5-4-6-8-13/h4-12H,1-3H3. The molecule has 94 valence electrons. The first-order chi connectivity index (χ1) is 8.70. The predicted octanol–water partition coefficient (Wildman–Crippen LogP) is 4.86. The molecule has 2 aromatic carbocycles. The van der Waals surface area contributed by atoms with Gasteiger partial charge in [0.1, 0.15) is 5.75 Å². The fourth-order valence-electron chi connectivity index (χ4n) is 1.84. The molecule has 0 N–H and O–H groups in total. The third-order valence-corrected chi connectivity index (χ3v) is 3.36. The molecule has 0 aliphatic carbocycles. The normalized spacial score (nSPS) is 10.7. The summed E-state index contributed by atoms with van der Waals surface area (Å²) in [6, 6.07) is 16.7. The Morgan fingerprint density at radius 1 is 1.00 bits per heavy atom. The van der Waals surface area contributed by atoms with Gasteiger partial charge < -0.3 is 4.74 Å². The molecule has 2 aromatic rings. The van der Waals surface area contributed by atoms with Crippen molar-refractivity contribution in [3.63, 3.8) is 0 Å². The van der Waals surface area contributed by atoms with Gasteiger partial charge in [0.05, 0.1) is 6.10 Å². The molecule has 0 unspecified atom stereocenters. The smallest absolute Gasteiger partial charge is 0.127 e. The maximum atomic E-state index is 5.89. The lowest BCUT2D eigenvalue weighted by molar-refractivity contribution is 0.243. The lowest BCUT2D eigenvalue weighted by atomic mass is 10.0. The van der Waals surface area contributed by atoms with E-state index in [1.807, 2.05) is 6.07 Å². The van der Waals surface area contributed by atoms with Crippen molar-refractivity contribution in [3.05, 3.63) is 48.5 Å². The zero-order chi connectivity index (χ0) is 13.0. The van der Waals surface area contributed by atoms with Crippen LogP contribution in [-0.4, -0.2) is 12.4 Å². The molecule has 0 atom stereocenters. The molecular formula is C16H18OS. The summed E-state index contributed by atoms with van der Waals surface area (Å²) >= 11 is 1.75. The minimum absolute atomic E-state index is 0.188. The molecule has 0 radical (unpaired) electrons. The Hall–Kier alpha value is -1.41. The van der Waals surface area contributed by atoms with Crippen molar-refractivity contribution >= 4 is 11.8 Å². The molecule has 0 heterocycles. The highest BCUT2D eigenvalue weighted by molar-refractivity contribution is 7.98. The summed E-state index contributed by atoms with van der Waals surface area (Å²) in [5, 5.41) is 0. The first-order valence-corrected chi connectivity index (χ1v) is 7.33. The van der Waals surface area contributed by atoms with Crippen LogP contribution in [0.4, 0.5) is 0 Å². The zero-order valence-electron chi connectivity index (χ0n) is 11.0. The highest BCUT2D eigenvalue weighted by atomic mass is 32.2. The van der Waals surface area contributed by atoms with Crippen molar-refractivity contribution in [1.82, 2.24) is 0 Å². The topological polar surface area (TPSA) is 9.23 Å². The van der Waals surface area contributed by atoms with Crippen LogP contribution in [0.1, 0.15) is 13.8 Å². The van der Waals surface area contributed by atoms with Crippen LogP contribution >= 0.6 is 11.8 Å². The molecular weight excluding hydrogens is 240 g/mol. The summed E-state index contributed by atoms with van der Waals surface area (Å²) < 4.78 is 5.89. The minimum Gasteiger partial charge on any atom is -0.490 e. The van der Waals surface area contributed by atoms with E-state index < -0.39 is 0 Å². The average Bonchev–Trinajstić information content (AvgIpc) is 2.39. The predicted molar refractivity (Wildman–Crippen MR) is 79.4 cm³/mol. The van der Waals surface area contributed by atoms with Crippen molar-refractivity contribution in [1.29, 1.82) is 0 Å². The molecule has 18 heavy (non-hydrogen) atoms. The first-order valence-electron chi connectivity index (χ1n) is 6.11. The number of hydrogen-bond donors (Lipinski definition) is 0. The van der Waals surface area contributed by atoms with Gasteiger partial charge in [-0.3, -0.25) is 0 Å². The van der Waals surface area contributed by atoms with Gasteiger partial charge in [-0.1, -0.05) is 30.3 Å². The fourth-order valence-corrected chi connectivity index (χ4v) is 2.28. The lowest BCUT2D eigenvalue weighted by Gasteiger charge is -2.15. The van der Waals surface area contributed by atoms with Gasteiger partial charge in [-0.05, 0) is 43.9 Å². The lowest BCUT2D eigenvalue weighted by Crippen LogP contribution is -2.06. The van der Waals surface area contributed by atoms with E-state index in [2.05, 4.69) is 62.6 Å². The highest BCUT2D eigenvalue weighted by Crippen LogP contribution is 2.33. The van der Waals surface area contributed by atoms with Crippen LogP contribution in [0.5, 0.6) is 5.75 Å². The largest absolute Gasteiger partial charge is 0.490 e.